The van der Waals surface area contributed by atoms with E-state index in [2.05, 4.69) is 75.2 Å². The molecule has 2 aliphatic heterocycles. The fourth-order valence-corrected chi connectivity index (χ4v) is 7.58. The van der Waals surface area contributed by atoms with Crippen LogP contribution in [-0.4, -0.2) is 67.3 Å². The molecule has 5 aromatic rings. The molecule has 2 atom stereocenters. The zero-order valence-corrected chi connectivity index (χ0v) is 28.9. The Morgan fingerprint density at radius 2 is 1.54 bits per heavy atom. The molecule has 2 aliphatic rings. The Bertz CT molecular complexity index is 1920. The largest absolute Gasteiger partial charge is 0.368 e. The molecule has 0 spiro atoms. The van der Waals surface area contributed by atoms with Crippen molar-refractivity contribution in [2.45, 2.75) is 56.3 Å². The molecule has 3 aromatic carbocycles. The second-order valence-electron chi connectivity index (χ2n) is 12.5. The average Bonchev–Trinajstić information content (AvgIpc) is 3.90. The third-order valence-electron chi connectivity index (χ3n) is 9.44. The summed E-state index contributed by atoms with van der Waals surface area (Å²) in [5.74, 6) is -2.18. The van der Waals surface area contributed by atoms with Crippen molar-refractivity contribution in [3.63, 3.8) is 0 Å². The van der Waals surface area contributed by atoms with Crippen LogP contribution in [0.25, 0.3) is 5.69 Å². The van der Waals surface area contributed by atoms with Gasteiger partial charge in [0.1, 0.15) is 42.6 Å². The predicted octanol–water partition coefficient (Wildman–Crippen LogP) is 5.75. The van der Waals surface area contributed by atoms with E-state index >= 15 is 0 Å². The van der Waals surface area contributed by atoms with Crippen LogP contribution in [0, 0.1) is 11.6 Å². The number of thioether (sulfide) groups is 1. The summed E-state index contributed by atoms with van der Waals surface area (Å²) in [6.45, 7) is 8.00. The molecule has 14 heteroatoms. The van der Waals surface area contributed by atoms with Gasteiger partial charge in [-0.2, -0.15) is 10.2 Å². The maximum absolute atomic E-state index is 14.9. The van der Waals surface area contributed by atoms with E-state index < -0.39 is 17.4 Å². The lowest BCUT2D eigenvalue weighted by atomic mass is 10.0. The van der Waals surface area contributed by atoms with E-state index in [-0.39, 0.29) is 35.9 Å². The Morgan fingerprint density at radius 1 is 0.880 bits per heavy atom. The van der Waals surface area contributed by atoms with Crippen LogP contribution in [0.1, 0.15) is 43.9 Å². The number of rotatable bonds is 12. The normalized spacial score (nSPS) is 19.5. The summed E-state index contributed by atoms with van der Waals surface area (Å²) < 4.78 is 45.7. The number of hydrogen-bond acceptors (Lipinski definition) is 9. The van der Waals surface area contributed by atoms with Crippen LogP contribution >= 0.6 is 11.8 Å². The van der Waals surface area contributed by atoms with Gasteiger partial charge in [0.05, 0.1) is 18.3 Å². The molecule has 0 radical (unpaired) electrons. The first-order valence-corrected chi connectivity index (χ1v) is 18.0. The Kier molecular flexibility index (Phi) is 10.0. The Labute approximate surface area is 293 Å². The summed E-state index contributed by atoms with van der Waals surface area (Å²) in [5, 5.41) is 8.49. The zero-order chi connectivity index (χ0) is 34.7. The number of hydrogen-bond donors (Lipinski definition) is 0. The second-order valence-corrected chi connectivity index (χ2v) is 13.6. The fraction of sp³-hybridized carbons (Fsp3) is 0.389. The Balaban J connectivity index is 0.924. The topological polar surface area (TPSA) is 95.5 Å². The summed E-state index contributed by atoms with van der Waals surface area (Å²) in [7, 11) is 0. The highest BCUT2D eigenvalue weighted by Crippen LogP contribution is 2.41. The molecule has 2 aromatic heterocycles. The minimum atomic E-state index is -1.45. The molecule has 50 heavy (non-hydrogen) atoms. The van der Waals surface area contributed by atoms with Gasteiger partial charge in [-0.05, 0) is 66.9 Å². The van der Waals surface area contributed by atoms with E-state index in [0.717, 1.165) is 62.0 Å². The molecular formula is C36H40F2N8O3S. The molecule has 0 aliphatic carbocycles. The number of aromatic nitrogens is 6. The van der Waals surface area contributed by atoms with Gasteiger partial charge < -0.3 is 19.3 Å². The van der Waals surface area contributed by atoms with Gasteiger partial charge in [0.15, 0.2) is 0 Å². The molecule has 4 heterocycles. The van der Waals surface area contributed by atoms with Crippen molar-refractivity contribution in [3.05, 3.63) is 119 Å². The van der Waals surface area contributed by atoms with Gasteiger partial charge in [-0.3, -0.25) is 0 Å². The van der Waals surface area contributed by atoms with Gasteiger partial charge in [-0.15, -0.1) is 11.8 Å². The number of benzene rings is 3. The molecule has 0 bridgehead atoms. The van der Waals surface area contributed by atoms with Crippen molar-refractivity contribution in [1.82, 2.24) is 29.1 Å². The van der Waals surface area contributed by atoms with E-state index in [4.69, 9.17) is 9.47 Å². The molecule has 0 amide bonds. The Hall–Kier alpha value is -4.53. The van der Waals surface area contributed by atoms with Crippen LogP contribution in [0.2, 0.25) is 0 Å². The second kappa shape index (κ2) is 14.8. The number of nitrogens with zero attached hydrogens (tertiary/aromatic N) is 8. The summed E-state index contributed by atoms with van der Waals surface area (Å²) in [5.41, 5.74) is 3.90. The van der Waals surface area contributed by atoms with Gasteiger partial charge in [-0.25, -0.2) is 32.5 Å². The maximum Gasteiger partial charge on any atom is 0.350 e. The third-order valence-corrected chi connectivity index (χ3v) is 10.5. The average molecular weight is 703 g/mol. The number of anilines is 2. The van der Waals surface area contributed by atoms with Crippen LogP contribution in [0.15, 0.2) is 90.5 Å². The fourth-order valence-electron chi connectivity index (χ4n) is 6.62. The Morgan fingerprint density at radius 3 is 2.16 bits per heavy atom. The molecule has 2 fully saturated rings. The van der Waals surface area contributed by atoms with Crippen LogP contribution in [0.4, 0.5) is 20.2 Å². The number of halogens is 2. The summed E-state index contributed by atoms with van der Waals surface area (Å²) in [4.78, 5) is 21.7. The summed E-state index contributed by atoms with van der Waals surface area (Å²) in [6, 6.07) is 20.2. The van der Waals surface area contributed by atoms with E-state index in [0.29, 0.717) is 5.75 Å². The minimum Gasteiger partial charge on any atom is -0.368 e. The standard InChI is InChI=1S/C36H40F2N8O3S/c1-3-28(4-2)46-35(47)45(25-41-46)31-12-10-30(11-13-31)43-17-15-42(16-18-43)29-8-5-26(6-9-29)21-50-34-20-48-36(49-34,22-44-24-39-23-40-44)32-14-7-27(37)19-33(32)38/h5-14,19,23-25,28,34H,3-4,15-18,20-22H2,1-2H3. The van der Waals surface area contributed by atoms with Gasteiger partial charge in [0.25, 0.3) is 0 Å². The molecule has 0 saturated carbocycles. The summed E-state index contributed by atoms with van der Waals surface area (Å²) in [6.07, 6.45) is 6.24. The molecule has 7 rings (SSSR count). The van der Waals surface area contributed by atoms with Crippen molar-refractivity contribution >= 4 is 23.1 Å². The highest BCUT2D eigenvalue weighted by atomic mass is 32.2. The molecule has 2 unspecified atom stereocenters. The maximum atomic E-state index is 14.9. The first-order valence-electron chi connectivity index (χ1n) is 16.9. The van der Waals surface area contributed by atoms with Crippen LogP contribution in [0.3, 0.4) is 0 Å². The first kappa shape index (κ1) is 33.9. The van der Waals surface area contributed by atoms with E-state index in [1.807, 2.05) is 12.1 Å². The predicted molar refractivity (Wildman–Crippen MR) is 188 cm³/mol. The molecule has 11 nitrogen and oxygen atoms in total. The van der Waals surface area contributed by atoms with Crippen LogP contribution in [0.5, 0.6) is 0 Å². The van der Waals surface area contributed by atoms with E-state index in [9.17, 15) is 13.6 Å². The lowest BCUT2D eigenvalue weighted by molar-refractivity contribution is -0.182. The van der Waals surface area contributed by atoms with Crippen LogP contribution < -0.4 is 15.5 Å². The van der Waals surface area contributed by atoms with Crippen molar-refractivity contribution in [1.29, 1.82) is 0 Å². The van der Waals surface area contributed by atoms with Gasteiger partial charge in [0, 0.05) is 54.9 Å². The number of ether oxygens (including phenoxy) is 2. The van der Waals surface area contributed by atoms with Gasteiger partial charge in [0.2, 0.25) is 5.79 Å². The highest BCUT2D eigenvalue weighted by molar-refractivity contribution is 7.99. The molecule has 262 valence electrons. The third kappa shape index (κ3) is 7.05. The lowest BCUT2D eigenvalue weighted by Gasteiger charge is -2.37. The first-order chi connectivity index (χ1) is 24.4. The minimum absolute atomic E-state index is 0.0757. The zero-order valence-electron chi connectivity index (χ0n) is 28.1. The monoisotopic (exact) mass is 702 g/mol. The molecule has 0 N–H and O–H groups in total. The van der Waals surface area contributed by atoms with Crippen molar-refractivity contribution in [2.24, 2.45) is 0 Å². The van der Waals surface area contributed by atoms with Crippen molar-refractivity contribution in [2.75, 3.05) is 42.6 Å². The quantitative estimate of drug-likeness (QED) is 0.161. The van der Waals surface area contributed by atoms with Gasteiger partial charge >= 0.3 is 5.69 Å². The number of piperazine rings is 1. The lowest BCUT2D eigenvalue weighted by Crippen LogP contribution is -2.46. The highest BCUT2D eigenvalue weighted by Gasteiger charge is 2.46. The SMILES string of the molecule is CCC(CC)n1ncn(-c2ccc(N3CCN(c4ccc(CSC5COC(Cn6cncn6)(c6ccc(F)cc6F)O5)cc4)CC3)cc2)c1=O. The van der Waals surface area contributed by atoms with Crippen molar-refractivity contribution < 1.29 is 18.3 Å². The van der Waals surface area contributed by atoms with Crippen molar-refractivity contribution in [3.8, 4) is 5.69 Å². The van der Waals surface area contributed by atoms with Crippen LogP contribution in [-0.2, 0) is 27.6 Å². The smallest absolute Gasteiger partial charge is 0.350 e. The van der Waals surface area contributed by atoms with E-state index in [1.54, 1.807) is 27.3 Å². The summed E-state index contributed by atoms with van der Waals surface area (Å²) >= 11 is 1.57. The van der Waals surface area contributed by atoms with E-state index in [1.165, 1.54) is 35.2 Å². The molecule has 2 saturated heterocycles. The molecular weight excluding hydrogens is 663 g/mol. The van der Waals surface area contributed by atoms with Gasteiger partial charge in [-0.1, -0.05) is 26.0 Å².